The number of hydrogen-bond acceptors (Lipinski definition) is 4. The molecule has 5 nitrogen and oxygen atoms in total. The smallest absolute Gasteiger partial charge is 0.271 e. The first-order valence-electron chi connectivity index (χ1n) is 10.2. The number of rotatable bonds is 7. The van der Waals surface area contributed by atoms with Gasteiger partial charge in [0.05, 0.1) is 5.71 Å². The summed E-state index contributed by atoms with van der Waals surface area (Å²) >= 11 is 0. The monoisotopic (exact) mass is 409 g/mol. The van der Waals surface area contributed by atoms with Crippen LogP contribution in [0.1, 0.15) is 34.8 Å². The quantitative estimate of drug-likeness (QED) is 0.330. The maximum Gasteiger partial charge on any atom is 0.271 e. The summed E-state index contributed by atoms with van der Waals surface area (Å²) in [6, 6.07) is 26.9. The highest BCUT2D eigenvalue weighted by atomic mass is 16.5. The molecule has 1 aromatic heterocycles. The highest BCUT2D eigenvalue weighted by Crippen LogP contribution is 2.23. The predicted octanol–water partition coefficient (Wildman–Crippen LogP) is 5.36. The van der Waals surface area contributed by atoms with Gasteiger partial charge in [0.1, 0.15) is 17.9 Å². The van der Waals surface area contributed by atoms with Crippen LogP contribution in [-0.4, -0.2) is 16.6 Å². The fraction of sp³-hybridized carbons (Fsp3) is 0.115. The van der Waals surface area contributed by atoms with Crippen LogP contribution in [0.4, 0.5) is 0 Å². The number of benzene rings is 3. The Hall–Kier alpha value is -3.99. The fourth-order valence-electron chi connectivity index (χ4n) is 3.27. The molecule has 5 heteroatoms. The van der Waals surface area contributed by atoms with E-state index >= 15 is 0 Å². The number of ether oxygens (including phenoxy) is 1. The van der Waals surface area contributed by atoms with E-state index in [1.54, 1.807) is 18.3 Å². The van der Waals surface area contributed by atoms with Crippen molar-refractivity contribution in [3.05, 3.63) is 108 Å². The molecule has 1 amide bonds. The fourth-order valence-corrected chi connectivity index (χ4v) is 3.27. The number of amides is 1. The first-order chi connectivity index (χ1) is 15.2. The molecule has 0 bridgehead atoms. The van der Waals surface area contributed by atoms with Crippen LogP contribution in [0.2, 0.25) is 0 Å². The van der Waals surface area contributed by atoms with E-state index in [1.807, 2.05) is 79.7 Å². The van der Waals surface area contributed by atoms with Crippen molar-refractivity contribution in [3.63, 3.8) is 0 Å². The summed E-state index contributed by atoms with van der Waals surface area (Å²) in [6.07, 6.45) is 2.48. The average Bonchev–Trinajstić information content (AvgIpc) is 2.84. The van der Waals surface area contributed by atoms with E-state index in [1.165, 1.54) is 0 Å². The highest BCUT2D eigenvalue weighted by Gasteiger charge is 2.07. The van der Waals surface area contributed by atoms with Gasteiger partial charge in [-0.1, -0.05) is 67.6 Å². The summed E-state index contributed by atoms with van der Waals surface area (Å²) in [7, 11) is 0. The summed E-state index contributed by atoms with van der Waals surface area (Å²) in [5.74, 6) is 0.495. The van der Waals surface area contributed by atoms with Gasteiger partial charge in [0.2, 0.25) is 0 Å². The maximum absolute atomic E-state index is 12.5. The molecule has 4 rings (SSSR count). The second kappa shape index (κ2) is 9.67. The molecule has 0 aliphatic rings. The van der Waals surface area contributed by atoms with Crippen LogP contribution in [0.25, 0.3) is 10.9 Å². The maximum atomic E-state index is 12.5. The van der Waals surface area contributed by atoms with E-state index in [0.29, 0.717) is 12.2 Å². The average molecular weight is 409 g/mol. The van der Waals surface area contributed by atoms with Gasteiger partial charge in [-0.3, -0.25) is 9.78 Å². The minimum Gasteiger partial charge on any atom is -0.487 e. The highest BCUT2D eigenvalue weighted by molar-refractivity contribution is 6.02. The van der Waals surface area contributed by atoms with Crippen molar-refractivity contribution < 1.29 is 9.53 Å². The van der Waals surface area contributed by atoms with Gasteiger partial charge in [-0.15, -0.1) is 0 Å². The predicted molar refractivity (Wildman–Crippen MR) is 123 cm³/mol. The standard InChI is InChI=1S/C26H23N3O2/c1-2-23(20-8-4-3-5-9-20)28-29-26(30)22-15-13-19(14-16-22)18-31-24-12-6-10-21-11-7-17-27-25(21)24/h3-17H,2,18H2,1H3,(H,29,30)/b28-23+. The van der Waals surface area contributed by atoms with Crippen molar-refractivity contribution in [1.82, 2.24) is 10.4 Å². The Labute approximate surface area is 181 Å². The molecule has 3 aromatic carbocycles. The van der Waals surface area contributed by atoms with E-state index in [4.69, 9.17) is 4.74 Å². The van der Waals surface area contributed by atoms with Crippen LogP contribution in [0.5, 0.6) is 5.75 Å². The zero-order valence-corrected chi connectivity index (χ0v) is 17.3. The van der Waals surface area contributed by atoms with Crippen LogP contribution in [0.15, 0.2) is 96.2 Å². The molecule has 0 atom stereocenters. The Morgan fingerprint density at radius 3 is 2.45 bits per heavy atom. The Kier molecular flexibility index (Phi) is 6.33. The van der Waals surface area contributed by atoms with Crippen molar-refractivity contribution in [3.8, 4) is 5.75 Å². The van der Waals surface area contributed by atoms with E-state index in [-0.39, 0.29) is 5.91 Å². The molecule has 0 saturated heterocycles. The number of hydrogen-bond donors (Lipinski definition) is 1. The first-order valence-corrected chi connectivity index (χ1v) is 10.2. The van der Waals surface area contributed by atoms with Gasteiger partial charge in [0.15, 0.2) is 0 Å². The summed E-state index contributed by atoms with van der Waals surface area (Å²) in [6.45, 7) is 2.40. The topological polar surface area (TPSA) is 63.6 Å². The number of para-hydroxylation sites is 1. The number of pyridine rings is 1. The number of carbonyl (C=O) groups excluding carboxylic acids is 1. The van der Waals surface area contributed by atoms with E-state index in [9.17, 15) is 4.79 Å². The van der Waals surface area contributed by atoms with Crippen molar-refractivity contribution in [1.29, 1.82) is 0 Å². The number of aromatic nitrogens is 1. The Morgan fingerprint density at radius 1 is 0.903 bits per heavy atom. The molecule has 0 saturated carbocycles. The summed E-state index contributed by atoms with van der Waals surface area (Å²) in [5, 5.41) is 5.34. The third-order valence-electron chi connectivity index (χ3n) is 4.94. The van der Waals surface area contributed by atoms with Crippen molar-refractivity contribution >= 4 is 22.5 Å². The number of nitrogens with zero attached hydrogens (tertiary/aromatic N) is 2. The molecule has 0 aliphatic heterocycles. The molecule has 0 aliphatic carbocycles. The molecular weight excluding hydrogens is 386 g/mol. The SMILES string of the molecule is CC/C(=N\NC(=O)c1ccc(COc2cccc3cccnc23)cc1)c1ccccc1. The second-order valence-corrected chi connectivity index (χ2v) is 7.04. The number of hydrazone groups is 1. The van der Waals surface area contributed by atoms with E-state index < -0.39 is 0 Å². The van der Waals surface area contributed by atoms with Crippen LogP contribution >= 0.6 is 0 Å². The first kappa shape index (κ1) is 20.3. The summed E-state index contributed by atoms with van der Waals surface area (Å²) in [5.41, 5.74) is 6.84. The molecule has 0 unspecified atom stereocenters. The third-order valence-corrected chi connectivity index (χ3v) is 4.94. The molecule has 1 N–H and O–H groups in total. The minimum absolute atomic E-state index is 0.243. The third kappa shape index (κ3) is 4.95. The van der Waals surface area contributed by atoms with Crippen LogP contribution in [0, 0.1) is 0 Å². The summed E-state index contributed by atoms with van der Waals surface area (Å²) in [4.78, 5) is 16.9. The van der Waals surface area contributed by atoms with Crippen LogP contribution in [0.3, 0.4) is 0 Å². The lowest BCUT2D eigenvalue weighted by Gasteiger charge is -2.09. The molecular formula is C26H23N3O2. The van der Waals surface area contributed by atoms with E-state index in [2.05, 4.69) is 15.5 Å². The molecule has 4 aromatic rings. The van der Waals surface area contributed by atoms with Gasteiger partial charge in [-0.05, 0) is 41.8 Å². The van der Waals surface area contributed by atoms with Gasteiger partial charge in [0, 0.05) is 17.1 Å². The normalized spacial score (nSPS) is 11.3. The van der Waals surface area contributed by atoms with Crippen molar-refractivity contribution in [2.45, 2.75) is 20.0 Å². The number of carbonyl (C=O) groups is 1. The zero-order valence-electron chi connectivity index (χ0n) is 17.3. The Bertz CT molecular complexity index is 1200. The van der Waals surface area contributed by atoms with Gasteiger partial charge in [0.25, 0.3) is 5.91 Å². The molecule has 1 heterocycles. The van der Waals surface area contributed by atoms with E-state index in [0.717, 1.165) is 39.9 Å². The Balaban J connectivity index is 1.39. The molecule has 0 spiro atoms. The molecule has 0 radical (unpaired) electrons. The number of fused-ring (bicyclic) bond motifs is 1. The van der Waals surface area contributed by atoms with Gasteiger partial charge in [-0.25, -0.2) is 5.43 Å². The second-order valence-electron chi connectivity index (χ2n) is 7.04. The largest absolute Gasteiger partial charge is 0.487 e. The van der Waals surface area contributed by atoms with Gasteiger partial charge in [-0.2, -0.15) is 5.10 Å². The van der Waals surface area contributed by atoms with Crippen molar-refractivity contribution in [2.24, 2.45) is 5.10 Å². The lowest BCUT2D eigenvalue weighted by Crippen LogP contribution is -2.20. The Morgan fingerprint density at radius 2 is 1.68 bits per heavy atom. The zero-order chi connectivity index (χ0) is 21.5. The van der Waals surface area contributed by atoms with Gasteiger partial charge < -0.3 is 4.74 Å². The van der Waals surface area contributed by atoms with Crippen LogP contribution < -0.4 is 10.2 Å². The van der Waals surface area contributed by atoms with Crippen LogP contribution in [-0.2, 0) is 6.61 Å². The lowest BCUT2D eigenvalue weighted by molar-refractivity contribution is 0.0954. The summed E-state index contributed by atoms with van der Waals surface area (Å²) < 4.78 is 5.96. The van der Waals surface area contributed by atoms with Crippen molar-refractivity contribution in [2.75, 3.05) is 0 Å². The van der Waals surface area contributed by atoms with Gasteiger partial charge >= 0.3 is 0 Å². The molecule has 31 heavy (non-hydrogen) atoms. The minimum atomic E-state index is -0.243. The number of nitrogens with one attached hydrogen (secondary N) is 1. The lowest BCUT2D eigenvalue weighted by atomic mass is 10.1. The molecule has 154 valence electrons. The molecule has 0 fully saturated rings.